The zero-order valence-corrected chi connectivity index (χ0v) is 11.8. The van der Waals surface area contributed by atoms with E-state index >= 15 is 0 Å². The van der Waals surface area contributed by atoms with Gasteiger partial charge in [-0.25, -0.2) is 0 Å². The number of hydrogen-bond acceptors (Lipinski definition) is 5. The Kier molecular flexibility index (Phi) is 4.52. The average Bonchev–Trinajstić information content (AvgIpc) is 2.77. The Balaban J connectivity index is 2.19. The van der Waals surface area contributed by atoms with Gasteiger partial charge in [-0.3, -0.25) is 10.1 Å². The third kappa shape index (κ3) is 3.12. The Bertz CT molecular complexity index is 467. The molecule has 2 unspecified atom stereocenters. The number of nitrogens with two attached hydrogens (primary N) is 1. The van der Waals surface area contributed by atoms with Gasteiger partial charge in [-0.05, 0) is 30.7 Å². The van der Waals surface area contributed by atoms with E-state index in [9.17, 15) is 10.1 Å². The van der Waals surface area contributed by atoms with Gasteiger partial charge in [-0.2, -0.15) is 11.8 Å². The van der Waals surface area contributed by atoms with Crippen molar-refractivity contribution in [1.29, 1.82) is 0 Å². The van der Waals surface area contributed by atoms with Crippen molar-refractivity contribution >= 4 is 28.8 Å². The molecule has 0 heterocycles. The molecule has 6 heteroatoms. The second kappa shape index (κ2) is 6.14. The number of para-hydroxylation sites is 1. The lowest BCUT2D eigenvalue weighted by Crippen LogP contribution is -2.26. The first-order valence-electron chi connectivity index (χ1n) is 6.54. The maximum Gasteiger partial charge on any atom is 0.314 e. The molecule has 0 saturated heterocycles. The lowest BCUT2D eigenvalue weighted by molar-refractivity contribution is -0.383. The summed E-state index contributed by atoms with van der Waals surface area (Å²) < 4.78 is 0. The Morgan fingerprint density at radius 2 is 2.32 bits per heavy atom. The summed E-state index contributed by atoms with van der Waals surface area (Å²) >= 11 is 1.92. The standard InChI is InChI=1S/C13H19N3O2S/c1-2-19-12-8-4-6-10(12)15-11-7-3-5-9(14)13(11)16(17)18/h3,5,7,10,12,15H,2,4,6,8,14H2,1H3. The first kappa shape index (κ1) is 14.0. The summed E-state index contributed by atoms with van der Waals surface area (Å²) in [4.78, 5) is 10.7. The van der Waals surface area contributed by atoms with Crippen molar-refractivity contribution in [3.8, 4) is 0 Å². The van der Waals surface area contributed by atoms with E-state index in [0.717, 1.165) is 12.2 Å². The molecule has 1 saturated carbocycles. The summed E-state index contributed by atoms with van der Waals surface area (Å²) in [5.41, 5.74) is 6.45. The molecule has 1 aliphatic carbocycles. The van der Waals surface area contributed by atoms with Crippen LogP contribution in [0.25, 0.3) is 0 Å². The van der Waals surface area contributed by atoms with Crippen molar-refractivity contribution in [2.45, 2.75) is 37.5 Å². The van der Waals surface area contributed by atoms with E-state index in [0.29, 0.717) is 17.0 Å². The first-order chi connectivity index (χ1) is 9.13. The van der Waals surface area contributed by atoms with Gasteiger partial charge in [0.25, 0.3) is 0 Å². The van der Waals surface area contributed by atoms with Crippen LogP contribution in [0.1, 0.15) is 26.2 Å². The van der Waals surface area contributed by atoms with Crippen LogP contribution in [-0.2, 0) is 0 Å². The third-order valence-corrected chi connectivity index (χ3v) is 4.75. The molecule has 19 heavy (non-hydrogen) atoms. The van der Waals surface area contributed by atoms with Gasteiger partial charge in [-0.1, -0.05) is 19.4 Å². The number of nitrogens with one attached hydrogen (secondary N) is 1. The van der Waals surface area contributed by atoms with Crippen LogP contribution in [0, 0.1) is 10.1 Å². The summed E-state index contributed by atoms with van der Waals surface area (Å²) in [6, 6.07) is 5.35. The zero-order chi connectivity index (χ0) is 13.8. The molecule has 0 aliphatic heterocycles. The molecule has 0 aromatic heterocycles. The normalized spacial score (nSPS) is 22.4. The van der Waals surface area contributed by atoms with E-state index < -0.39 is 4.92 Å². The minimum Gasteiger partial charge on any atom is -0.393 e. The van der Waals surface area contributed by atoms with Crippen molar-refractivity contribution in [3.05, 3.63) is 28.3 Å². The minimum atomic E-state index is -0.408. The molecule has 2 atom stereocenters. The molecule has 2 rings (SSSR count). The molecule has 0 amide bonds. The maximum absolute atomic E-state index is 11.1. The van der Waals surface area contributed by atoms with Crippen LogP contribution in [0.5, 0.6) is 0 Å². The zero-order valence-electron chi connectivity index (χ0n) is 11.0. The Labute approximate surface area is 117 Å². The van der Waals surface area contributed by atoms with Crippen LogP contribution < -0.4 is 11.1 Å². The molecular formula is C13H19N3O2S. The van der Waals surface area contributed by atoms with Gasteiger partial charge in [-0.15, -0.1) is 0 Å². The smallest absolute Gasteiger partial charge is 0.314 e. The van der Waals surface area contributed by atoms with Crippen molar-refractivity contribution in [1.82, 2.24) is 0 Å². The second-order valence-corrected chi connectivity index (χ2v) is 6.19. The molecule has 1 aromatic rings. The number of nitro groups is 1. The molecule has 1 aliphatic rings. The van der Waals surface area contributed by atoms with Crippen LogP contribution in [0.4, 0.5) is 17.1 Å². The van der Waals surface area contributed by atoms with Crippen LogP contribution in [0.15, 0.2) is 18.2 Å². The summed E-state index contributed by atoms with van der Waals surface area (Å²) in [5.74, 6) is 1.07. The van der Waals surface area contributed by atoms with Crippen LogP contribution >= 0.6 is 11.8 Å². The van der Waals surface area contributed by atoms with E-state index in [1.807, 2.05) is 11.8 Å². The molecule has 1 aromatic carbocycles. The maximum atomic E-state index is 11.1. The van der Waals surface area contributed by atoms with Crippen molar-refractivity contribution in [3.63, 3.8) is 0 Å². The van der Waals surface area contributed by atoms with Gasteiger partial charge >= 0.3 is 5.69 Å². The van der Waals surface area contributed by atoms with E-state index in [-0.39, 0.29) is 11.4 Å². The summed E-state index contributed by atoms with van der Waals surface area (Å²) in [6.07, 6.45) is 3.40. The highest BCUT2D eigenvalue weighted by molar-refractivity contribution is 7.99. The van der Waals surface area contributed by atoms with Crippen molar-refractivity contribution < 1.29 is 4.92 Å². The number of nitro benzene ring substituents is 1. The van der Waals surface area contributed by atoms with E-state index in [4.69, 9.17) is 5.73 Å². The van der Waals surface area contributed by atoms with Crippen LogP contribution in [0.2, 0.25) is 0 Å². The number of rotatable bonds is 5. The molecule has 1 fully saturated rings. The molecule has 3 N–H and O–H groups in total. The number of nitrogen functional groups attached to an aromatic ring is 1. The highest BCUT2D eigenvalue weighted by Gasteiger charge is 2.29. The van der Waals surface area contributed by atoms with Crippen molar-refractivity contribution in [2.75, 3.05) is 16.8 Å². The summed E-state index contributed by atoms with van der Waals surface area (Å²) in [6.45, 7) is 2.14. The Morgan fingerprint density at radius 1 is 1.53 bits per heavy atom. The Morgan fingerprint density at radius 3 is 3.00 bits per heavy atom. The fourth-order valence-electron chi connectivity index (χ4n) is 2.59. The first-order valence-corrected chi connectivity index (χ1v) is 7.59. The Hall–Kier alpha value is -1.43. The topological polar surface area (TPSA) is 81.2 Å². The lowest BCUT2D eigenvalue weighted by atomic mass is 10.2. The van der Waals surface area contributed by atoms with Crippen molar-refractivity contribution in [2.24, 2.45) is 0 Å². The third-order valence-electron chi connectivity index (χ3n) is 3.42. The molecule has 5 nitrogen and oxygen atoms in total. The van der Waals surface area contributed by atoms with E-state index in [1.165, 1.54) is 12.8 Å². The molecule has 0 radical (unpaired) electrons. The average molecular weight is 281 g/mol. The lowest BCUT2D eigenvalue weighted by Gasteiger charge is -2.21. The van der Waals surface area contributed by atoms with Gasteiger partial charge in [0.2, 0.25) is 0 Å². The minimum absolute atomic E-state index is 0.00496. The van der Waals surface area contributed by atoms with Gasteiger partial charge < -0.3 is 11.1 Å². The largest absolute Gasteiger partial charge is 0.393 e. The number of nitrogens with zero attached hydrogens (tertiary/aromatic N) is 1. The van der Waals surface area contributed by atoms with Gasteiger partial charge in [0.1, 0.15) is 11.4 Å². The number of hydrogen-bond donors (Lipinski definition) is 2. The highest BCUT2D eigenvalue weighted by atomic mass is 32.2. The van der Waals surface area contributed by atoms with E-state index in [2.05, 4.69) is 12.2 Å². The fraction of sp³-hybridized carbons (Fsp3) is 0.538. The molecule has 104 valence electrons. The van der Waals surface area contributed by atoms with Crippen LogP contribution in [0.3, 0.4) is 0 Å². The molecule has 0 bridgehead atoms. The van der Waals surface area contributed by atoms with Gasteiger partial charge in [0, 0.05) is 11.3 Å². The monoisotopic (exact) mass is 281 g/mol. The summed E-state index contributed by atoms with van der Waals surface area (Å²) in [7, 11) is 0. The highest BCUT2D eigenvalue weighted by Crippen LogP contribution is 2.36. The van der Waals surface area contributed by atoms with Gasteiger partial charge in [0.05, 0.1) is 4.92 Å². The molecule has 0 spiro atoms. The quantitative estimate of drug-likeness (QED) is 0.492. The second-order valence-electron chi connectivity index (χ2n) is 4.68. The SMILES string of the molecule is CCSC1CCCC1Nc1cccc(N)c1[N+](=O)[O-]. The number of thioether (sulfide) groups is 1. The van der Waals surface area contributed by atoms with Crippen LogP contribution in [-0.4, -0.2) is 22.0 Å². The predicted octanol–water partition coefficient (Wildman–Crippen LogP) is 3.26. The fourth-order valence-corrected chi connectivity index (χ4v) is 3.78. The molecular weight excluding hydrogens is 262 g/mol. The predicted molar refractivity (Wildman–Crippen MR) is 80.7 cm³/mol. The number of benzene rings is 1. The number of anilines is 2. The summed E-state index contributed by atoms with van der Waals surface area (Å²) in [5, 5.41) is 15.0. The van der Waals surface area contributed by atoms with Gasteiger partial charge in [0.15, 0.2) is 0 Å². The van der Waals surface area contributed by atoms with E-state index in [1.54, 1.807) is 18.2 Å².